The van der Waals surface area contributed by atoms with Gasteiger partial charge in [0.1, 0.15) is 12.4 Å². The van der Waals surface area contributed by atoms with Gasteiger partial charge in [-0.05, 0) is 23.3 Å². The van der Waals surface area contributed by atoms with E-state index in [-0.39, 0.29) is 0 Å². The average molecular weight is 340 g/mol. The molecule has 2 N–H and O–H groups in total. The van der Waals surface area contributed by atoms with Crippen molar-refractivity contribution in [2.75, 3.05) is 6.54 Å². The Bertz CT molecular complexity index is 732. The highest BCUT2D eigenvalue weighted by atomic mass is 32.1. The van der Waals surface area contributed by atoms with Crippen LogP contribution < -0.4 is 10.1 Å². The molecular formula is C19H20N2O2S. The molecule has 3 rings (SSSR count). The van der Waals surface area contributed by atoms with Gasteiger partial charge in [-0.1, -0.05) is 42.5 Å². The van der Waals surface area contributed by atoms with Gasteiger partial charge >= 0.3 is 0 Å². The largest absolute Gasteiger partial charge is 0.489 e. The van der Waals surface area contributed by atoms with E-state index in [1.54, 1.807) is 16.8 Å². The van der Waals surface area contributed by atoms with E-state index in [4.69, 9.17) is 4.74 Å². The first-order valence-corrected chi connectivity index (χ1v) is 8.72. The van der Waals surface area contributed by atoms with E-state index < -0.39 is 6.10 Å². The molecule has 3 aromatic rings. The topological polar surface area (TPSA) is 54.4 Å². The standard InChI is InChI=1S/C19H20N2O2S/c22-19(12-20-10-18-11-21-14-24-18)16-7-4-8-17(9-16)23-13-15-5-2-1-3-6-15/h1-9,11,14,19-20,22H,10,12-13H2. The molecule has 0 saturated heterocycles. The van der Waals surface area contributed by atoms with E-state index in [0.717, 1.165) is 21.8 Å². The average Bonchev–Trinajstić information content (AvgIpc) is 3.14. The van der Waals surface area contributed by atoms with Crippen molar-refractivity contribution in [1.29, 1.82) is 0 Å². The molecule has 1 heterocycles. The molecule has 1 atom stereocenters. The molecule has 0 amide bonds. The summed E-state index contributed by atoms with van der Waals surface area (Å²) in [4.78, 5) is 5.19. The number of aliphatic hydroxyl groups is 1. The molecular weight excluding hydrogens is 320 g/mol. The third-order valence-electron chi connectivity index (χ3n) is 3.61. The van der Waals surface area contributed by atoms with Crippen LogP contribution in [0.1, 0.15) is 22.1 Å². The van der Waals surface area contributed by atoms with Crippen molar-refractivity contribution in [3.63, 3.8) is 0 Å². The van der Waals surface area contributed by atoms with Gasteiger partial charge in [-0.25, -0.2) is 0 Å². The fraction of sp³-hybridized carbons (Fsp3) is 0.211. The fourth-order valence-electron chi connectivity index (χ4n) is 2.33. The smallest absolute Gasteiger partial charge is 0.120 e. The van der Waals surface area contributed by atoms with Gasteiger partial charge in [-0.2, -0.15) is 0 Å². The highest BCUT2D eigenvalue weighted by molar-refractivity contribution is 7.09. The van der Waals surface area contributed by atoms with Crippen molar-refractivity contribution in [3.05, 3.63) is 82.3 Å². The molecule has 0 aliphatic rings. The molecule has 0 saturated carbocycles. The first kappa shape index (κ1) is 16.6. The Morgan fingerprint density at radius 2 is 2.00 bits per heavy atom. The Morgan fingerprint density at radius 3 is 2.79 bits per heavy atom. The van der Waals surface area contributed by atoms with Crippen molar-refractivity contribution in [2.45, 2.75) is 19.3 Å². The number of hydrogen-bond donors (Lipinski definition) is 2. The van der Waals surface area contributed by atoms with Crippen LogP contribution in [-0.4, -0.2) is 16.6 Å². The normalized spacial score (nSPS) is 12.0. The number of thiazole rings is 1. The highest BCUT2D eigenvalue weighted by Crippen LogP contribution is 2.20. The van der Waals surface area contributed by atoms with Gasteiger partial charge < -0.3 is 15.2 Å². The van der Waals surface area contributed by atoms with E-state index >= 15 is 0 Å². The molecule has 0 radical (unpaired) electrons. The fourth-order valence-corrected chi connectivity index (χ4v) is 2.90. The lowest BCUT2D eigenvalue weighted by Gasteiger charge is -2.13. The zero-order valence-corrected chi connectivity index (χ0v) is 14.1. The summed E-state index contributed by atoms with van der Waals surface area (Å²) in [6.07, 6.45) is 1.26. The summed E-state index contributed by atoms with van der Waals surface area (Å²) in [6, 6.07) is 17.6. The van der Waals surface area contributed by atoms with Crippen LogP contribution in [-0.2, 0) is 13.2 Å². The summed E-state index contributed by atoms with van der Waals surface area (Å²) in [5.41, 5.74) is 3.77. The van der Waals surface area contributed by atoms with Crippen LogP contribution in [0.2, 0.25) is 0 Å². The Labute approximate surface area is 145 Å². The number of aromatic nitrogens is 1. The SMILES string of the molecule is OC(CNCc1cncs1)c1cccc(OCc2ccccc2)c1. The Hall–Kier alpha value is -2.21. The van der Waals surface area contributed by atoms with Gasteiger partial charge in [-0.15, -0.1) is 11.3 Å². The molecule has 0 spiro atoms. The van der Waals surface area contributed by atoms with Crippen LogP contribution in [0, 0.1) is 0 Å². The second-order valence-electron chi connectivity index (χ2n) is 5.46. The monoisotopic (exact) mass is 340 g/mol. The highest BCUT2D eigenvalue weighted by Gasteiger charge is 2.08. The molecule has 4 nitrogen and oxygen atoms in total. The maximum Gasteiger partial charge on any atom is 0.120 e. The molecule has 124 valence electrons. The predicted molar refractivity (Wildman–Crippen MR) is 96.0 cm³/mol. The zero-order valence-electron chi connectivity index (χ0n) is 13.3. The van der Waals surface area contributed by atoms with Crippen molar-refractivity contribution >= 4 is 11.3 Å². The molecule has 0 aliphatic carbocycles. The number of nitrogens with one attached hydrogen (secondary N) is 1. The van der Waals surface area contributed by atoms with Crippen molar-refractivity contribution in [2.24, 2.45) is 0 Å². The third kappa shape index (κ3) is 4.89. The van der Waals surface area contributed by atoms with Gasteiger partial charge in [0.05, 0.1) is 11.6 Å². The zero-order chi connectivity index (χ0) is 16.6. The Morgan fingerprint density at radius 1 is 1.12 bits per heavy atom. The van der Waals surface area contributed by atoms with Crippen LogP contribution in [0.3, 0.4) is 0 Å². The molecule has 1 unspecified atom stereocenters. The van der Waals surface area contributed by atoms with E-state index in [9.17, 15) is 5.11 Å². The number of ether oxygens (including phenoxy) is 1. The van der Waals surface area contributed by atoms with E-state index in [1.165, 1.54) is 0 Å². The molecule has 0 fully saturated rings. The summed E-state index contributed by atoms with van der Waals surface area (Å²) < 4.78 is 5.81. The minimum atomic E-state index is -0.571. The number of rotatable bonds is 8. The quantitative estimate of drug-likeness (QED) is 0.658. The lowest BCUT2D eigenvalue weighted by Crippen LogP contribution is -2.20. The lowest BCUT2D eigenvalue weighted by molar-refractivity contribution is 0.174. The lowest BCUT2D eigenvalue weighted by atomic mass is 10.1. The molecule has 24 heavy (non-hydrogen) atoms. The Kier molecular flexibility index (Phi) is 5.96. The van der Waals surface area contributed by atoms with Crippen LogP contribution in [0.4, 0.5) is 0 Å². The van der Waals surface area contributed by atoms with Crippen LogP contribution in [0.5, 0.6) is 5.75 Å². The maximum absolute atomic E-state index is 10.3. The third-order valence-corrected chi connectivity index (χ3v) is 4.39. The van der Waals surface area contributed by atoms with E-state index in [1.807, 2.05) is 60.8 Å². The van der Waals surface area contributed by atoms with Gasteiger partial charge in [0.2, 0.25) is 0 Å². The number of hydrogen-bond acceptors (Lipinski definition) is 5. The number of aliphatic hydroxyl groups excluding tert-OH is 1. The summed E-state index contributed by atoms with van der Waals surface area (Å²) in [5.74, 6) is 0.762. The summed E-state index contributed by atoms with van der Waals surface area (Å²) >= 11 is 1.60. The molecule has 0 bridgehead atoms. The first-order valence-electron chi connectivity index (χ1n) is 7.84. The van der Waals surface area contributed by atoms with Crippen molar-refractivity contribution in [1.82, 2.24) is 10.3 Å². The maximum atomic E-state index is 10.3. The summed E-state index contributed by atoms with van der Waals surface area (Å²) in [7, 11) is 0. The van der Waals surface area contributed by atoms with Crippen molar-refractivity contribution < 1.29 is 9.84 Å². The second kappa shape index (κ2) is 8.59. The predicted octanol–water partition coefficient (Wildman–Crippen LogP) is 3.55. The molecule has 2 aromatic carbocycles. The number of nitrogens with zero attached hydrogens (tertiary/aromatic N) is 1. The van der Waals surface area contributed by atoms with Gasteiger partial charge in [-0.3, -0.25) is 4.98 Å². The second-order valence-corrected chi connectivity index (χ2v) is 6.43. The molecule has 1 aromatic heterocycles. The van der Waals surface area contributed by atoms with Crippen LogP contribution in [0.15, 0.2) is 66.3 Å². The molecule has 5 heteroatoms. The van der Waals surface area contributed by atoms with E-state index in [2.05, 4.69) is 10.3 Å². The first-order chi connectivity index (χ1) is 11.8. The number of benzene rings is 2. The minimum Gasteiger partial charge on any atom is -0.489 e. The van der Waals surface area contributed by atoms with E-state index in [0.29, 0.717) is 19.7 Å². The van der Waals surface area contributed by atoms with Gasteiger partial charge in [0, 0.05) is 24.2 Å². The summed E-state index contributed by atoms with van der Waals surface area (Å²) in [5, 5.41) is 13.6. The molecule has 0 aliphatic heterocycles. The van der Waals surface area contributed by atoms with Gasteiger partial charge in [0.25, 0.3) is 0 Å². The minimum absolute atomic E-state index is 0.486. The summed E-state index contributed by atoms with van der Waals surface area (Å²) in [6.45, 7) is 1.72. The van der Waals surface area contributed by atoms with Crippen molar-refractivity contribution in [3.8, 4) is 5.75 Å². The van der Waals surface area contributed by atoms with Crippen LogP contribution >= 0.6 is 11.3 Å². The van der Waals surface area contributed by atoms with Gasteiger partial charge in [0.15, 0.2) is 0 Å². The van der Waals surface area contributed by atoms with Crippen LogP contribution in [0.25, 0.3) is 0 Å². The Balaban J connectivity index is 1.52.